The predicted molar refractivity (Wildman–Crippen MR) is 106 cm³/mol. The molecule has 140 valence electrons. The summed E-state index contributed by atoms with van der Waals surface area (Å²) in [5.74, 6) is 0.217. The molecule has 0 saturated carbocycles. The Hall–Kier alpha value is -3.67. The number of ether oxygens (including phenoxy) is 1. The molecule has 0 unspecified atom stereocenters. The maximum atomic E-state index is 12.3. The van der Waals surface area contributed by atoms with E-state index in [4.69, 9.17) is 9.15 Å². The topological polar surface area (TPSA) is 81.4 Å². The summed E-state index contributed by atoms with van der Waals surface area (Å²) in [5, 5.41) is 5.00. The molecule has 2 aromatic heterocycles. The van der Waals surface area contributed by atoms with Crippen LogP contribution in [0.4, 0.5) is 0 Å². The van der Waals surface area contributed by atoms with Crippen molar-refractivity contribution < 1.29 is 13.9 Å². The molecule has 2 aromatic carbocycles. The van der Waals surface area contributed by atoms with Gasteiger partial charge >= 0.3 is 5.63 Å². The van der Waals surface area contributed by atoms with Crippen LogP contribution in [0.3, 0.4) is 0 Å². The van der Waals surface area contributed by atoms with E-state index in [2.05, 4.69) is 10.3 Å². The number of pyridine rings is 1. The summed E-state index contributed by atoms with van der Waals surface area (Å²) in [6.07, 6.45) is 2.65. The zero-order valence-electron chi connectivity index (χ0n) is 15.2. The molecule has 0 saturated heterocycles. The third kappa shape index (κ3) is 3.57. The molecule has 4 rings (SSSR count). The third-order valence-corrected chi connectivity index (χ3v) is 4.49. The Balaban J connectivity index is 1.52. The molecule has 0 spiro atoms. The fourth-order valence-corrected chi connectivity index (χ4v) is 3.02. The summed E-state index contributed by atoms with van der Waals surface area (Å²) in [5.41, 5.74) is 0.976. The van der Waals surface area contributed by atoms with Crippen molar-refractivity contribution in [2.75, 3.05) is 0 Å². The van der Waals surface area contributed by atoms with Crippen LogP contribution < -0.4 is 15.7 Å². The van der Waals surface area contributed by atoms with Crippen LogP contribution in [-0.4, -0.2) is 17.0 Å². The number of nitrogens with one attached hydrogen (secondary N) is 1. The first-order valence-electron chi connectivity index (χ1n) is 8.91. The first kappa shape index (κ1) is 17.7. The summed E-state index contributed by atoms with van der Waals surface area (Å²) in [6.45, 7) is 2.07. The van der Waals surface area contributed by atoms with Crippen LogP contribution in [0.2, 0.25) is 0 Å². The van der Waals surface area contributed by atoms with Gasteiger partial charge in [0, 0.05) is 30.4 Å². The Morgan fingerprint density at radius 2 is 1.82 bits per heavy atom. The number of amides is 1. The summed E-state index contributed by atoms with van der Waals surface area (Å²) in [6, 6.07) is 16.2. The molecule has 0 radical (unpaired) electrons. The molecule has 1 atom stereocenters. The number of carbonyl (C=O) groups is 1. The van der Waals surface area contributed by atoms with Crippen LogP contribution in [0.1, 0.15) is 12.5 Å². The zero-order valence-corrected chi connectivity index (χ0v) is 15.2. The smallest absolute Gasteiger partial charge is 0.344 e. The highest BCUT2D eigenvalue weighted by atomic mass is 16.5. The Bertz CT molecular complexity index is 1200. The summed E-state index contributed by atoms with van der Waals surface area (Å²) in [4.78, 5) is 28.4. The lowest BCUT2D eigenvalue weighted by atomic mass is 10.1. The van der Waals surface area contributed by atoms with Crippen molar-refractivity contribution in [3.8, 4) is 5.75 Å². The van der Waals surface area contributed by atoms with Gasteiger partial charge in [-0.2, -0.15) is 0 Å². The van der Waals surface area contributed by atoms with Gasteiger partial charge in [0.05, 0.1) is 5.39 Å². The van der Waals surface area contributed by atoms with Crippen LogP contribution >= 0.6 is 0 Å². The number of hydrogen-bond donors (Lipinski definition) is 1. The van der Waals surface area contributed by atoms with E-state index in [9.17, 15) is 9.59 Å². The van der Waals surface area contributed by atoms with Crippen LogP contribution in [0.25, 0.3) is 21.7 Å². The maximum absolute atomic E-state index is 12.3. The van der Waals surface area contributed by atoms with Gasteiger partial charge in [0.15, 0.2) is 6.10 Å². The van der Waals surface area contributed by atoms with Gasteiger partial charge in [-0.25, -0.2) is 4.79 Å². The standard InChI is InChI=1S/C22H18N2O4/c1-14(21(25)24-13-15-8-10-23-11-9-15)27-16-6-7-18-17-4-2-3-5-19(17)22(26)28-20(18)12-16/h2-12,14H,13H2,1H3,(H,24,25)/t14-/m0/s1. The van der Waals surface area contributed by atoms with Crippen molar-refractivity contribution in [1.29, 1.82) is 0 Å². The molecule has 2 heterocycles. The molecule has 6 nitrogen and oxygen atoms in total. The highest BCUT2D eigenvalue weighted by Crippen LogP contribution is 2.26. The van der Waals surface area contributed by atoms with Crippen LogP contribution in [0.15, 0.2) is 76.2 Å². The number of rotatable bonds is 5. The number of aromatic nitrogens is 1. The third-order valence-electron chi connectivity index (χ3n) is 4.49. The van der Waals surface area contributed by atoms with Crippen LogP contribution in [0, 0.1) is 0 Å². The van der Waals surface area contributed by atoms with Crippen molar-refractivity contribution in [2.24, 2.45) is 0 Å². The summed E-state index contributed by atoms with van der Waals surface area (Å²) in [7, 11) is 0. The van der Waals surface area contributed by atoms with Crippen molar-refractivity contribution >= 4 is 27.6 Å². The molecule has 0 aliphatic rings. The number of carbonyl (C=O) groups excluding carboxylic acids is 1. The predicted octanol–water partition coefficient (Wildman–Crippen LogP) is 3.42. The van der Waals surface area contributed by atoms with E-state index in [0.29, 0.717) is 23.3 Å². The van der Waals surface area contributed by atoms with Gasteiger partial charge in [0.1, 0.15) is 11.3 Å². The SMILES string of the molecule is C[C@H](Oc1ccc2c(c1)oc(=O)c1ccccc12)C(=O)NCc1ccncc1. The highest BCUT2D eigenvalue weighted by Gasteiger charge is 2.15. The van der Waals surface area contributed by atoms with E-state index < -0.39 is 11.7 Å². The van der Waals surface area contributed by atoms with Crippen molar-refractivity contribution in [3.63, 3.8) is 0 Å². The minimum atomic E-state index is -0.702. The molecule has 1 N–H and O–H groups in total. The van der Waals surface area contributed by atoms with E-state index in [-0.39, 0.29) is 5.91 Å². The molecule has 1 amide bonds. The second-order valence-corrected chi connectivity index (χ2v) is 6.43. The van der Waals surface area contributed by atoms with Gasteiger partial charge in [-0.3, -0.25) is 9.78 Å². The van der Waals surface area contributed by atoms with Gasteiger partial charge in [-0.15, -0.1) is 0 Å². The molecule has 6 heteroatoms. The summed E-state index contributed by atoms with van der Waals surface area (Å²) < 4.78 is 11.2. The second-order valence-electron chi connectivity index (χ2n) is 6.43. The average molecular weight is 374 g/mol. The Morgan fingerprint density at radius 1 is 1.07 bits per heavy atom. The minimum absolute atomic E-state index is 0.239. The molecular formula is C22H18N2O4. The first-order chi connectivity index (χ1) is 13.6. The van der Waals surface area contributed by atoms with E-state index in [1.54, 1.807) is 43.6 Å². The largest absolute Gasteiger partial charge is 0.481 e. The van der Waals surface area contributed by atoms with Gasteiger partial charge in [-0.05, 0) is 48.2 Å². The van der Waals surface area contributed by atoms with E-state index >= 15 is 0 Å². The van der Waals surface area contributed by atoms with Crippen molar-refractivity contribution in [2.45, 2.75) is 19.6 Å². The molecule has 4 aromatic rings. The fourth-order valence-electron chi connectivity index (χ4n) is 3.02. The van der Waals surface area contributed by atoms with Gasteiger partial charge < -0.3 is 14.5 Å². The highest BCUT2D eigenvalue weighted by molar-refractivity contribution is 6.04. The molecule has 28 heavy (non-hydrogen) atoms. The maximum Gasteiger partial charge on any atom is 0.344 e. The lowest BCUT2D eigenvalue weighted by Crippen LogP contribution is -2.35. The number of fused-ring (bicyclic) bond motifs is 3. The first-order valence-corrected chi connectivity index (χ1v) is 8.91. The fraction of sp³-hybridized carbons (Fsp3) is 0.136. The Kier molecular flexibility index (Phi) is 4.76. The molecule has 0 aliphatic carbocycles. The lowest BCUT2D eigenvalue weighted by molar-refractivity contribution is -0.127. The normalized spacial score (nSPS) is 12.0. The Labute approximate surface area is 160 Å². The molecule has 0 bridgehead atoms. The van der Waals surface area contributed by atoms with Crippen molar-refractivity contribution in [3.05, 3.63) is 83.0 Å². The Morgan fingerprint density at radius 3 is 2.61 bits per heavy atom. The minimum Gasteiger partial charge on any atom is -0.481 e. The van der Waals surface area contributed by atoms with Gasteiger partial charge in [-0.1, -0.05) is 18.2 Å². The number of hydrogen-bond acceptors (Lipinski definition) is 5. The van der Waals surface area contributed by atoms with Crippen LogP contribution in [-0.2, 0) is 11.3 Å². The van der Waals surface area contributed by atoms with E-state index in [1.807, 2.05) is 30.3 Å². The van der Waals surface area contributed by atoms with E-state index in [1.165, 1.54) is 0 Å². The van der Waals surface area contributed by atoms with Crippen molar-refractivity contribution in [1.82, 2.24) is 10.3 Å². The average Bonchev–Trinajstić information content (AvgIpc) is 2.73. The zero-order chi connectivity index (χ0) is 19.5. The number of nitrogens with zero attached hydrogens (tertiary/aromatic N) is 1. The molecule has 0 fully saturated rings. The lowest BCUT2D eigenvalue weighted by Gasteiger charge is -2.15. The van der Waals surface area contributed by atoms with E-state index in [0.717, 1.165) is 16.3 Å². The summed E-state index contributed by atoms with van der Waals surface area (Å²) >= 11 is 0. The quantitative estimate of drug-likeness (QED) is 0.428. The number of benzene rings is 2. The van der Waals surface area contributed by atoms with Gasteiger partial charge in [0.25, 0.3) is 5.91 Å². The molecule has 0 aliphatic heterocycles. The monoisotopic (exact) mass is 374 g/mol. The molecular weight excluding hydrogens is 356 g/mol. The van der Waals surface area contributed by atoms with Crippen LogP contribution in [0.5, 0.6) is 5.75 Å². The van der Waals surface area contributed by atoms with Gasteiger partial charge in [0.2, 0.25) is 0 Å². The second kappa shape index (κ2) is 7.52.